The van der Waals surface area contributed by atoms with E-state index in [1.807, 2.05) is 20.8 Å². The smallest absolute Gasteiger partial charge is 0.191 e. The Morgan fingerprint density at radius 1 is 1.22 bits per heavy atom. The fraction of sp³-hybridized carbons (Fsp3) is 0.500. The van der Waals surface area contributed by atoms with Crippen LogP contribution in [0.5, 0.6) is 0 Å². The molecule has 2 aromatic rings. The van der Waals surface area contributed by atoms with Crippen LogP contribution in [0, 0.1) is 11.6 Å². The summed E-state index contributed by atoms with van der Waals surface area (Å²) in [6, 6.07) is 3.96. The van der Waals surface area contributed by atoms with Crippen molar-refractivity contribution >= 4 is 5.96 Å². The highest BCUT2D eigenvalue weighted by Crippen LogP contribution is 2.43. The lowest BCUT2D eigenvalue weighted by Gasteiger charge is -2.12. The van der Waals surface area contributed by atoms with Crippen LogP contribution >= 0.6 is 0 Å². The molecule has 3 rings (SSSR count). The molecule has 1 aromatic heterocycles. The standard InChI is InChI=1S/C20H26F2N4O/c1-4-16-13(18(5-2)27-26-16)11-24-20(23-6-3)25-17-10-12(17)19-14(21)8-7-9-15(19)22/h7-9,12,17H,4-6,10-11H2,1-3H3,(H2,23,24,25). The highest BCUT2D eigenvalue weighted by molar-refractivity contribution is 5.80. The summed E-state index contributed by atoms with van der Waals surface area (Å²) in [6.07, 6.45) is 2.23. The van der Waals surface area contributed by atoms with Gasteiger partial charge in [-0.2, -0.15) is 0 Å². The largest absolute Gasteiger partial charge is 0.361 e. The molecule has 7 heteroatoms. The van der Waals surface area contributed by atoms with Gasteiger partial charge < -0.3 is 15.2 Å². The van der Waals surface area contributed by atoms with Crippen LogP contribution in [0.25, 0.3) is 0 Å². The van der Waals surface area contributed by atoms with Gasteiger partial charge in [0.05, 0.1) is 12.2 Å². The summed E-state index contributed by atoms with van der Waals surface area (Å²) in [7, 11) is 0. The zero-order valence-corrected chi connectivity index (χ0v) is 16.0. The molecule has 146 valence electrons. The van der Waals surface area contributed by atoms with E-state index in [2.05, 4.69) is 20.8 Å². The Morgan fingerprint density at radius 2 is 1.96 bits per heavy atom. The molecule has 0 spiro atoms. The zero-order valence-electron chi connectivity index (χ0n) is 16.0. The third-order valence-corrected chi connectivity index (χ3v) is 4.83. The van der Waals surface area contributed by atoms with Gasteiger partial charge in [-0.05, 0) is 31.9 Å². The molecule has 2 atom stereocenters. The highest BCUT2D eigenvalue weighted by atomic mass is 19.1. The van der Waals surface area contributed by atoms with Gasteiger partial charge in [0.15, 0.2) is 5.96 Å². The molecule has 0 saturated heterocycles. The van der Waals surface area contributed by atoms with Crippen molar-refractivity contribution in [1.29, 1.82) is 0 Å². The minimum Gasteiger partial charge on any atom is -0.361 e. The normalized spacial score (nSPS) is 19.2. The Kier molecular flexibility index (Phi) is 6.08. The topological polar surface area (TPSA) is 62.5 Å². The van der Waals surface area contributed by atoms with Crippen LogP contribution in [-0.2, 0) is 19.4 Å². The molecule has 0 radical (unpaired) electrons. The van der Waals surface area contributed by atoms with Gasteiger partial charge in [0.25, 0.3) is 0 Å². The van der Waals surface area contributed by atoms with Gasteiger partial charge in [-0.1, -0.05) is 25.1 Å². The number of benzene rings is 1. The highest BCUT2D eigenvalue weighted by Gasteiger charge is 2.42. The maximum absolute atomic E-state index is 14.0. The second-order valence-electron chi connectivity index (χ2n) is 6.66. The van der Waals surface area contributed by atoms with E-state index in [1.165, 1.54) is 18.2 Å². The van der Waals surface area contributed by atoms with E-state index in [4.69, 9.17) is 4.52 Å². The van der Waals surface area contributed by atoms with Crippen molar-refractivity contribution < 1.29 is 13.3 Å². The monoisotopic (exact) mass is 376 g/mol. The number of hydrogen-bond acceptors (Lipinski definition) is 3. The van der Waals surface area contributed by atoms with Crippen molar-refractivity contribution in [3.8, 4) is 0 Å². The van der Waals surface area contributed by atoms with Crippen molar-refractivity contribution in [3.05, 3.63) is 52.4 Å². The van der Waals surface area contributed by atoms with Gasteiger partial charge in [-0.25, -0.2) is 13.8 Å². The van der Waals surface area contributed by atoms with Gasteiger partial charge in [-0.15, -0.1) is 0 Å². The van der Waals surface area contributed by atoms with Crippen LogP contribution in [0.1, 0.15) is 55.7 Å². The molecule has 0 amide bonds. The van der Waals surface area contributed by atoms with E-state index in [0.717, 1.165) is 29.9 Å². The first-order valence-electron chi connectivity index (χ1n) is 9.53. The summed E-state index contributed by atoms with van der Waals surface area (Å²) in [5, 5.41) is 10.6. The van der Waals surface area contributed by atoms with Crippen molar-refractivity contribution in [2.24, 2.45) is 4.99 Å². The first-order chi connectivity index (χ1) is 13.1. The summed E-state index contributed by atoms with van der Waals surface area (Å²) >= 11 is 0. The van der Waals surface area contributed by atoms with Gasteiger partial charge in [-0.3, -0.25) is 0 Å². The van der Waals surface area contributed by atoms with Crippen LogP contribution in [-0.4, -0.2) is 23.7 Å². The summed E-state index contributed by atoms with van der Waals surface area (Å²) in [6.45, 7) is 7.19. The Hall–Kier alpha value is -2.44. The fourth-order valence-corrected chi connectivity index (χ4v) is 3.31. The molecule has 1 aliphatic rings. The molecule has 1 saturated carbocycles. The van der Waals surface area contributed by atoms with Gasteiger partial charge in [0.2, 0.25) is 0 Å². The quantitative estimate of drug-likeness (QED) is 0.571. The van der Waals surface area contributed by atoms with Gasteiger partial charge in [0.1, 0.15) is 17.4 Å². The number of aliphatic imine (C=N–C) groups is 1. The molecule has 2 N–H and O–H groups in total. The summed E-state index contributed by atoms with van der Waals surface area (Å²) < 4.78 is 33.3. The fourth-order valence-electron chi connectivity index (χ4n) is 3.31. The van der Waals surface area contributed by atoms with Gasteiger partial charge in [0, 0.05) is 36.1 Å². The minimum atomic E-state index is -0.490. The second kappa shape index (κ2) is 8.50. The van der Waals surface area contributed by atoms with Gasteiger partial charge >= 0.3 is 0 Å². The molecule has 1 aliphatic carbocycles. The lowest BCUT2D eigenvalue weighted by Crippen LogP contribution is -2.39. The number of nitrogens with one attached hydrogen (secondary N) is 2. The van der Waals surface area contributed by atoms with E-state index in [1.54, 1.807) is 0 Å². The molecular weight excluding hydrogens is 350 g/mol. The first kappa shape index (κ1) is 19.3. The molecule has 1 heterocycles. The van der Waals surface area contributed by atoms with E-state index < -0.39 is 11.6 Å². The molecule has 0 bridgehead atoms. The van der Waals surface area contributed by atoms with Crippen LogP contribution in [0.2, 0.25) is 0 Å². The zero-order chi connectivity index (χ0) is 19.4. The van der Waals surface area contributed by atoms with Crippen LogP contribution in [0.4, 0.5) is 8.78 Å². The average molecular weight is 376 g/mol. The Balaban J connectivity index is 1.70. The number of aryl methyl sites for hydroxylation is 2. The van der Waals surface area contributed by atoms with E-state index >= 15 is 0 Å². The maximum atomic E-state index is 14.0. The Bertz CT molecular complexity index is 777. The van der Waals surface area contributed by atoms with Crippen LogP contribution in [0.3, 0.4) is 0 Å². The maximum Gasteiger partial charge on any atom is 0.191 e. The molecule has 27 heavy (non-hydrogen) atoms. The average Bonchev–Trinajstić information content (AvgIpc) is 3.27. The third-order valence-electron chi connectivity index (χ3n) is 4.83. The number of hydrogen-bond donors (Lipinski definition) is 2. The number of guanidine groups is 1. The predicted molar refractivity (Wildman–Crippen MR) is 101 cm³/mol. The molecule has 2 unspecified atom stereocenters. The second-order valence-corrected chi connectivity index (χ2v) is 6.66. The lowest BCUT2D eigenvalue weighted by molar-refractivity contribution is 0.380. The Labute approximate surface area is 158 Å². The predicted octanol–water partition coefficient (Wildman–Crippen LogP) is 3.69. The summed E-state index contributed by atoms with van der Waals surface area (Å²) in [5.41, 5.74) is 2.10. The summed E-state index contributed by atoms with van der Waals surface area (Å²) in [5.74, 6) is 0.325. The SMILES string of the molecule is CCNC(=NCc1c(CC)noc1CC)NC1CC1c1c(F)cccc1F. The molecule has 0 aliphatic heterocycles. The third kappa shape index (κ3) is 4.28. The number of rotatable bonds is 7. The molecular formula is C20H26F2N4O. The van der Waals surface area contributed by atoms with Crippen LogP contribution in [0.15, 0.2) is 27.7 Å². The van der Waals surface area contributed by atoms with E-state index in [0.29, 0.717) is 25.5 Å². The van der Waals surface area contributed by atoms with Crippen molar-refractivity contribution in [2.45, 2.75) is 58.5 Å². The lowest BCUT2D eigenvalue weighted by atomic mass is 10.1. The van der Waals surface area contributed by atoms with Crippen molar-refractivity contribution in [3.63, 3.8) is 0 Å². The number of nitrogens with zero attached hydrogens (tertiary/aromatic N) is 2. The van der Waals surface area contributed by atoms with Crippen molar-refractivity contribution in [2.75, 3.05) is 6.54 Å². The molecule has 5 nitrogen and oxygen atoms in total. The van der Waals surface area contributed by atoms with E-state index in [-0.39, 0.29) is 17.5 Å². The number of aromatic nitrogens is 1. The first-order valence-corrected chi connectivity index (χ1v) is 9.53. The van der Waals surface area contributed by atoms with E-state index in [9.17, 15) is 8.78 Å². The Morgan fingerprint density at radius 3 is 2.59 bits per heavy atom. The number of halogens is 2. The van der Waals surface area contributed by atoms with Crippen molar-refractivity contribution in [1.82, 2.24) is 15.8 Å². The summed E-state index contributed by atoms with van der Waals surface area (Å²) in [4.78, 5) is 4.63. The molecule has 1 fully saturated rings. The molecule has 1 aromatic carbocycles. The minimum absolute atomic E-state index is 0.0343. The van der Waals surface area contributed by atoms with Crippen LogP contribution < -0.4 is 10.6 Å².